The average Bonchev–Trinajstić information content (AvgIpc) is 2.38. The summed E-state index contributed by atoms with van der Waals surface area (Å²) in [6.45, 7) is 10.8. The molecule has 0 saturated heterocycles. The predicted molar refractivity (Wildman–Crippen MR) is 86.3 cm³/mol. The second-order valence-electron chi connectivity index (χ2n) is 6.46. The molecular weight excluding hydrogens is 248 g/mol. The van der Waals surface area contributed by atoms with E-state index in [-0.39, 0.29) is 5.54 Å². The lowest BCUT2D eigenvalue weighted by atomic mass is 10.1. The van der Waals surface area contributed by atoms with Gasteiger partial charge in [0.25, 0.3) is 0 Å². The Bertz CT molecular complexity index is 398. The van der Waals surface area contributed by atoms with Crippen molar-refractivity contribution in [2.45, 2.75) is 52.2 Å². The van der Waals surface area contributed by atoms with E-state index in [1.165, 1.54) is 5.56 Å². The molecule has 0 aliphatic carbocycles. The number of methoxy groups -OCH3 is 1. The van der Waals surface area contributed by atoms with Crippen LogP contribution in [0.4, 0.5) is 0 Å². The molecule has 1 aromatic carbocycles. The van der Waals surface area contributed by atoms with Crippen LogP contribution in [0.25, 0.3) is 0 Å². The SMILES string of the molecule is CCC(CNC(C)(C)C)N(C)Cc1cccc(OC)c1. The van der Waals surface area contributed by atoms with Crippen molar-refractivity contribution in [3.8, 4) is 5.75 Å². The van der Waals surface area contributed by atoms with Gasteiger partial charge < -0.3 is 10.1 Å². The Kier molecular flexibility index (Phi) is 6.50. The summed E-state index contributed by atoms with van der Waals surface area (Å²) in [5, 5.41) is 3.60. The number of benzene rings is 1. The highest BCUT2D eigenvalue weighted by molar-refractivity contribution is 5.28. The zero-order chi connectivity index (χ0) is 15.2. The normalized spacial score (nSPS) is 13.6. The summed E-state index contributed by atoms with van der Waals surface area (Å²) < 4.78 is 5.28. The number of ether oxygens (including phenoxy) is 1. The molecule has 1 N–H and O–H groups in total. The van der Waals surface area contributed by atoms with Crippen LogP contribution >= 0.6 is 0 Å². The first kappa shape index (κ1) is 17.0. The van der Waals surface area contributed by atoms with Crippen molar-refractivity contribution in [1.29, 1.82) is 0 Å². The summed E-state index contributed by atoms with van der Waals surface area (Å²) >= 11 is 0. The molecule has 0 amide bonds. The van der Waals surface area contributed by atoms with Crippen LogP contribution in [0.3, 0.4) is 0 Å². The fourth-order valence-electron chi connectivity index (χ4n) is 2.22. The number of hydrogen-bond acceptors (Lipinski definition) is 3. The Hall–Kier alpha value is -1.06. The first-order valence-corrected chi connectivity index (χ1v) is 7.44. The van der Waals surface area contributed by atoms with E-state index < -0.39 is 0 Å². The van der Waals surface area contributed by atoms with Gasteiger partial charge in [-0.25, -0.2) is 0 Å². The first-order valence-electron chi connectivity index (χ1n) is 7.44. The molecule has 0 radical (unpaired) electrons. The molecule has 0 heterocycles. The largest absolute Gasteiger partial charge is 0.497 e. The highest BCUT2D eigenvalue weighted by Crippen LogP contribution is 2.15. The molecule has 0 saturated carbocycles. The zero-order valence-electron chi connectivity index (χ0n) is 13.9. The lowest BCUT2D eigenvalue weighted by Gasteiger charge is -2.31. The minimum atomic E-state index is 0.171. The van der Waals surface area contributed by atoms with Gasteiger partial charge in [-0.1, -0.05) is 19.1 Å². The van der Waals surface area contributed by atoms with Crippen molar-refractivity contribution < 1.29 is 4.74 Å². The van der Waals surface area contributed by atoms with E-state index in [9.17, 15) is 0 Å². The molecule has 114 valence electrons. The van der Waals surface area contributed by atoms with Gasteiger partial charge in [-0.2, -0.15) is 0 Å². The third-order valence-electron chi connectivity index (χ3n) is 3.53. The van der Waals surface area contributed by atoms with Gasteiger partial charge >= 0.3 is 0 Å². The van der Waals surface area contributed by atoms with Crippen LogP contribution in [0.2, 0.25) is 0 Å². The summed E-state index contributed by atoms with van der Waals surface area (Å²) in [6, 6.07) is 8.85. The molecule has 0 aromatic heterocycles. The van der Waals surface area contributed by atoms with Gasteiger partial charge in [-0.15, -0.1) is 0 Å². The third-order valence-corrected chi connectivity index (χ3v) is 3.53. The maximum atomic E-state index is 5.28. The molecule has 0 aliphatic heterocycles. The molecule has 1 unspecified atom stereocenters. The van der Waals surface area contributed by atoms with Crippen molar-refractivity contribution in [1.82, 2.24) is 10.2 Å². The molecule has 3 nitrogen and oxygen atoms in total. The van der Waals surface area contributed by atoms with E-state index in [4.69, 9.17) is 4.74 Å². The second kappa shape index (κ2) is 7.65. The van der Waals surface area contributed by atoms with Gasteiger partial charge in [0.15, 0.2) is 0 Å². The van der Waals surface area contributed by atoms with E-state index in [0.29, 0.717) is 6.04 Å². The molecule has 0 fully saturated rings. The summed E-state index contributed by atoms with van der Waals surface area (Å²) in [7, 11) is 3.91. The van der Waals surface area contributed by atoms with Gasteiger partial charge in [0.05, 0.1) is 7.11 Å². The Balaban J connectivity index is 2.59. The van der Waals surface area contributed by atoms with E-state index in [0.717, 1.165) is 25.3 Å². The van der Waals surface area contributed by atoms with Crippen LogP contribution in [0, 0.1) is 0 Å². The lowest BCUT2D eigenvalue weighted by Crippen LogP contribution is -2.46. The second-order valence-corrected chi connectivity index (χ2v) is 6.46. The monoisotopic (exact) mass is 278 g/mol. The van der Waals surface area contributed by atoms with Crippen molar-refractivity contribution >= 4 is 0 Å². The molecule has 0 spiro atoms. The Morgan fingerprint density at radius 3 is 2.55 bits per heavy atom. The van der Waals surface area contributed by atoms with Crippen molar-refractivity contribution in [3.05, 3.63) is 29.8 Å². The predicted octanol–water partition coefficient (Wildman–Crippen LogP) is 3.29. The van der Waals surface area contributed by atoms with Gasteiger partial charge in [-0.05, 0) is 51.9 Å². The van der Waals surface area contributed by atoms with Crippen LogP contribution in [-0.4, -0.2) is 37.2 Å². The number of nitrogens with zero attached hydrogens (tertiary/aromatic N) is 1. The smallest absolute Gasteiger partial charge is 0.119 e. The Labute approximate surface area is 124 Å². The highest BCUT2D eigenvalue weighted by Gasteiger charge is 2.16. The Morgan fingerprint density at radius 2 is 2.00 bits per heavy atom. The third kappa shape index (κ3) is 5.93. The summed E-state index contributed by atoms with van der Waals surface area (Å²) in [6.07, 6.45) is 1.14. The molecular formula is C17H30N2O. The number of hydrogen-bond donors (Lipinski definition) is 1. The molecule has 1 aromatic rings. The van der Waals surface area contributed by atoms with Crippen LogP contribution in [0.15, 0.2) is 24.3 Å². The maximum absolute atomic E-state index is 5.28. The Morgan fingerprint density at radius 1 is 1.30 bits per heavy atom. The van der Waals surface area contributed by atoms with E-state index in [1.54, 1.807) is 7.11 Å². The molecule has 1 rings (SSSR count). The topological polar surface area (TPSA) is 24.5 Å². The standard InChI is InChI=1S/C17H30N2O/c1-7-15(12-18-17(2,3)4)19(5)13-14-9-8-10-16(11-14)20-6/h8-11,15,18H,7,12-13H2,1-6H3. The van der Waals surface area contributed by atoms with Crippen LogP contribution < -0.4 is 10.1 Å². The molecule has 20 heavy (non-hydrogen) atoms. The number of likely N-dealkylation sites (N-methyl/N-ethyl adjacent to an activating group) is 1. The van der Waals surface area contributed by atoms with Crippen molar-refractivity contribution in [3.63, 3.8) is 0 Å². The lowest BCUT2D eigenvalue weighted by molar-refractivity contribution is 0.208. The minimum Gasteiger partial charge on any atom is -0.497 e. The van der Waals surface area contributed by atoms with E-state index in [2.05, 4.69) is 63.2 Å². The molecule has 3 heteroatoms. The van der Waals surface area contributed by atoms with Gasteiger partial charge in [0, 0.05) is 24.7 Å². The van der Waals surface area contributed by atoms with Gasteiger partial charge in [0.1, 0.15) is 5.75 Å². The number of nitrogens with one attached hydrogen (secondary N) is 1. The molecule has 0 bridgehead atoms. The maximum Gasteiger partial charge on any atom is 0.119 e. The van der Waals surface area contributed by atoms with Crippen molar-refractivity contribution in [2.75, 3.05) is 20.7 Å². The van der Waals surface area contributed by atoms with Crippen molar-refractivity contribution in [2.24, 2.45) is 0 Å². The summed E-state index contributed by atoms with van der Waals surface area (Å²) in [5.74, 6) is 0.928. The summed E-state index contributed by atoms with van der Waals surface area (Å²) in [5.41, 5.74) is 1.46. The fourth-order valence-corrected chi connectivity index (χ4v) is 2.22. The van der Waals surface area contributed by atoms with E-state index in [1.807, 2.05) is 6.07 Å². The highest BCUT2D eigenvalue weighted by atomic mass is 16.5. The van der Waals surface area contributed by atoms with Crippen LogP contribution in [0.1, 0.15) is 39.7 Å². The van der Waals surface area contributed by atoms with Gasteiger partial charge in [0.2, 0.25) is 0 Å². The minimum absolute atomic E-state index is 0.171. The van der Waals surface area contributed by atoms with Crippen LogP contribution in [-0.2, 0) is 6.54 Å². The zero-order valence-corrected chi connectivity index (χ0v) is 13.9. The number of rotatable bonds is 7. The first-order chi connectivity index (χ1) is 9.35. The summed E-state index contributed by atoms with van der Waals surface area (Å²) in [4.78, 5) is 2.41. The van der Waals surface area contributed by atoms with Gasteiger partial charge in [-0.3, -0.25) is 4.90 Å². The average molecular weight is 278 g/mol. The molecule has 1 atom stereocenters. The van der Waals surface area contributed by atoms with E-state index >= 15 is 0 Å². The quantitative estimate of drug-likeness (QED) is 0.828. The van der Waals surface area contributed by atoms with Crippen LogP contribution in [0.5, 0.6) is 5.75 Å². The fraction of sp³-hybridized carbons (Fsp3) is 0.647. The molecule has 0 aliphatic rings.